The van der Waals surface area contributed by atoms with Crippen molar-refractivity contribution in [3.05, 3.63) is 54.2 Å². The van der Waals surface area contributed by atoms with E-state index >= 15 is 0 Å². The Balaban J connectivity index is 1.30. The average molecular weight is 422 g/mol. The van der Waals surface area contributed by atoms with Crippen molar-refractivity contribution in [1.29, 1.82) is 0 Å². The molecule has 2 N–H and O–H groups in total. The van der Waals surface area contributed by atoms with Crippen LogP contribution in [0.4, 0.5) is 10.5 Å². The number of aromatic amines is 1. The van der Waals surface area contributed by atoms with Gasteiger partial charge in [0.05, 0.1) is 14.2 Å². The molecule has 31 heavy (non-hydrogen) atoms. The lowest BCUT2D eigenvalue weighted by Crippen LogP contribution is -2.40. The maximum Gasteiger partial charge on any atom is 0.325 e. The predicted molar refractivity (Wildman–Crippen MR) is 119 cm³/mol. The number of hydrogen-bond acceptors (Lipinski definition) is 4. The van der Waals surface area contributed by atoms with Crippen molar-refractivity contribution in [2.75, 3.05) is 45.3 Å². The summed E-state index contributed by atoms with van der Waals surface area (Å²) in [6.45, 7) is 1.55. The summed E-state index contributed by atoms with van der Waals surface area (Å²) >= 11 is 0. The van der Waals surface area contributed by atoms with Crippen LogP contribution >= 0.6 is 0 Å². The molecule has 1 saturated heterocycles. The Bertz CT molecular complexity index is 1090. The number of H-pyrrole nitrogens is 1. The average Bonchev–Trinajstić information content (AvgIpc) is 3.37. The van der Waals surface area contributed by atoms with Gasteiger partial charge in [-0.05, 0) is 30.2 Å². The van der Waals surface area contributed by atoms with E-state index in [-0.39, 0.29) is 18.5 Å². The number of anilines is 1. The number of hydrogen-bond donors (Lipinski definition) is 2. The fraction of sp³-hybridized carbons (Fsp3) is 0.304. The summed E-state index contributed by atoms with van der Waals surface area (Å²) < 4.78 is 10.6. The van der Waals surface area contributed by atoms with Crippen LogP contribution in [-0.4, -0.2) is 62.2 Å². The van der Waals surface area contributed by atoms with Gasteiger partial charge in [0.15, 0.2) is 11.5 Å². The van der Waals surface area contributed by atoms with Crippen molar-refractivity contribution >= 4 is 28.5 Å². The predicted octanol–water partition coefficient (Wildman–Crippen LogP) is 2.79. The van der Waals surface area contributed by atoms with Crippen molar-refractivity contribution in [2.45, 2.75) is 6.42 Å². The molecule has 0 aliphatic carbocycles. The van der Waals surface area contributed by atoms with Crippen LogP contribution < -0.4 is 19.7 Å². The first kappa shape index (κ1) is 20.6. The third-order valence-electron chi connectivity index (χ3n) is 5.50. The number of methoxy groups -OCH3 is 2. The number of para-hydroxylation sites is 1. The second-order valence-corrected chi connectivity index (χ2v) is 7.35. The van der Waals surface area contributed by atoms with Crippen molar-refractivity contribution in [1.82, 2.24) is 15.2 Å². The van der Waals surface area contributed by atoms with Gasteiger partial charge in [0.2, 0.25) is 5.91 Å². The Hall–Kier alpha value is -3.68. The molecule has 0 bridgehead atoms. The lowest BCUT2D eigenvalue weighted by molar-refractivity contribution is -0.121. The highest BCUT2D eigenvalue weighted by Crippen LogP contribution is 2.32. The summed E-state index contributed by atoms with van der Waals surface area (Å²) in [6, 6.07) is 13.2. The molecule has 2 aromatic carbocycles. The van der Waals surface area contributed by atoms with Gasteiger partial charge in [-0.25, -0.2) is 4.79 Å². The minimum absolute atomic E-state index is 0.0382. The minimum atomic E-state index is -0.195. The van der Waals surface area contributed by atoms with E-state index in [1.165, 1.54) is 0 Å². The van der Waals surface area contributed by atoms with Crippen LogP contribution in [0.3, 0.4) is 0 Å². The van der Waals surface area contributed by atoms with Crippen molar-refractivity contribution < 1.29 is 19.1 Å². The SMILES string of the molecule is COc1ccc(N2CCN(CC(=O)NCCc3c[nH]c4ccccc34)C2=O)cc1OC. The van der Waals surface area contributed by atoms with E-state index in [4.69, 9.17) is 9.47 Å². The fourth-order valence-corrected chi connectivity index (χ4v) is 3.87. The molecule has 1 fully saturated rings. The van der Waals surface area contributed by atoms with Gasteiger partial charge < -0.3 is 24.7 Å². The zero-order chi connectivity index (χ0) is 21.8. The van der Waals surface area contributed by atoms with Crippen LogP contribution in [-0.2, 0) is 11.2 Å². The van der Waals surface area contributed by atoms with Gasteiger partial charge in [-0.1, -0.05) is 18.2 Å². The largest absolute Gasteiger partial charge is 0.493 e. The van der Waals surface area contributed by atoms with E-state index in [9.17, 15) is 9.59 Å². The number of fused-ring (bicyclic) bond motifs is 1. The highest BCUT2D eigenvalue weighted by atomic mass is 16.5. The zero-order valence-corrected chi connectivity index (χ0v) is 17.7. The van der Waals surface area contributed by atoms with E-state index in [0.29, 0.717) is 36.8 Å². The highest BCUT2D eigenvalue weighted by molar-refractivity contribution is 5.96. The number of nitrogens with zero attached hydrogens (tertiary/aromatic N) is 2. The molecular weight excluding hydrogens is 396 g/mol. The maximum atomic E-state index is 12.8. The summed E-state index contributed by atoms with van der Waals surface area (Å²) in [4.78, 5) is 31.6. The Morgan fingerprint density at radius 3 is 2.71 bits per heavy atom. The Kier molecular flexibility index (Phi) is 5.97. The number of carbonyl (C=O) groups is 2. The zero-order valence-electron chi connectivity index (χ0n) is 17.7. The van der Waals surface area contributed by atoms with Gasteiger partial charge in [-0.2, -0.15) is 0 Å². The molecule has 3 amide bonds. The summed E-state index contributed by atoms with van der Waals surface area (Å²) in [5.74, 6) is 0.993. The number of nitrogens with one attached hydrogen (secondary N) is 2. The second kappa shape index (κ2) is 8.99. The number of amides is 3. The standard InChI is InChI=1S/C23H26N4O4/c1-30-20-8-7-17(13-21(20)31-2)27-12-11-26(23(27)29)15-22(28)24-10-9-16-14-25-19-6-4-3-5-18(16)19/h3-8,13-14,25H,9-12,15H2,1-2H3,(H,24,28). The van der Waals surface area contributed by atoms with Crippen molar-refractivity contribution in [3.63, 3.8) is 0 Å². The summed E-state index contributed by atoms with van der Waals surface area (Å²) in [5.41, 5.74) is 2.96. The molecule has 0 unspecified atom stereocenters. The van der Waals surface area contributed by atoms with Crippen LogP contribution in [0.2, 0.25) is 0 Å². The number of urea groups is 1. The normalized spacial score (nSPS) is 13.7. The molecule has 162 valence electrons. The lowest BCUT2D eigenvalue weighted by atomic mass is 10.1. The molecule has 0 spiro atoms. The Labute approximate surface area is 180 Å². The van der Waals surface area contributed by atoms with Gasteiger partial charge in [-0.3, -0.25) is 9.69 Å². The van der Waals surface area contributed by atoms with Crippen LogP contribution in [0.1, 0.15) is 5.56 Å². The number of ether oxygens (including phenoxy) is 2. The molecule has 4 rings (SSSR count). The number of carbonyl (C=O) groups excluding carboxylic acids is 2. The van der Waals surface area contributed by atoms with E-state index in [1.807, 2.05) is 30.5 Å². The first-order chi connectivity index (χ1) is 15.1. The van der Waals surface area contributed by atoms with E-state index in [0.717, 1.165) is 22.9 Å². The third kappa shape index (κ3) is 4.28. The fourth-order valence-electron chi connectivity index (χ4n) is 3.87. The molecule has 1 aliphatic heterocycles. The van der Waals surface area contributed by atoms with Crippen LogP contribution in [0.25, 0.3) is 10.9 Å². The first-order valence-corrected chi connectivity index (χ1v) is 10.2. The molecule has 8 heteroatoms. The molecular formula is C23H26N4O4. The summed E-state index contributed by atoms with van der Waals surface area (Å²) in [6.07, 6.45) is 2.70. The van der Waals surface area contributed by atoms with Crippen LogP contribution in [0.5, 0.6) is 11.5 Å². The van der Waals surface area contributed by atoms with E-state index in [1.54, 1.807) is 36.2 Å². The van der Waals surface area contributed by atoms with Crippen molar-refractivity contribution in [3.8, 4) is 11.5 Å². The lowest BCUT2D eigenvalue weighted by Gasteiger charge is -2.19. The number of rotatable bonds is 8. The quantitative estimate of drug-likeness (QED) is 0.584. The van der Waals surface area contributed by atoms with Gasteiger partial charge in [0.25, 0.3) is 0 Å². The molecule has 2 heterocycles. The van der Waals surface area contributed by atoms with E-state index in [2.05, 4.69) is 16.4 Å². The van der Waals surface area contributed by atoms with E-state index < -0.39 is 0 Å². The van der Waals surface area contributed by atoms with Crippen LogP contribution in [0.15, 0.2) is 48.7 Å². The van der Waals surface area contributed by atoms with Crippen molar-refractivity contribution in [2.24, 2.45) is 0 Å². The molecule has 8 nitrogen and oxygen atoms in total. The molecule has 0 radical (unpaired) electrons. The summed E-state index contributed by atoms with van der Waals surface area (Å²) in [7, 11) is 3.12. The maximum absolute atomic E-state index is 12.8. The smallest absolute Gasteiger partial charge is 0.325 e. The second-order valence-electron chi connectivity index (χ2n) is 7.35. The Morgan fingerprint density at radius 2 is 1.90 bits per heavy atom. The van der Waals surface area contributed by atoms with Gasteiger partial charge >= 0.3 is 6.03 Å². The number of benzene rings is 2. The van der Waals surface area contributed by atoms with Gasteiger partial charge in [-0.15, -0.1) is 0 Å². The Morgan fingerprint density at radius 1 is 1.10 bits per heavy atom. The van der Waals surface area contributed by atoms with Gasteiger partial charge in [0.1, 0.15) is 6.54 Å². The highest BCUT2D eigenvalue weighted by Gasteiger charge is 2.31. The monoisotopic (exact) mass is 422 g/mol. The molecule has 0 saturated carbocycles. The molecule has 1 aliphatic rings. The van der Waals surface area contributed by atoms with Gasteiger partial charge in [0, 0.05) is 48.5 Å². The molecule has 1 aromatic heterocycles. The number of aromatic nitrogens is 1. The molecule has 0 atom stereocenters. The third-order valence-corrected chi connectivity index (χ3v) is 5.50. The van der Waals surface area contributed by atoms with Crippen LogP contribution in [0, 0.1) is 0 Å². The first-order valence-electron chi connectivity index (χ1n) is 10.2. The molecule has 3 aromatic rings. The topological polar surface area (TPSA) is 86.9 Å². The minimum Gasteiger partial charge on any atom is -0.493 e. The summed E-state index contributed by atoms with van der Waals surface area (Å²) in [5, 5.41) is 4.08.